The van der Waals surface area contributed by atoms with E-state index in [4.69, 9.17) is 0 Å². The van der Waals surface area contributed by atoms with E-state index >= 15 is 0 Å². The van der Waals surface area contributed by atoms with Crippen LogP contribution in [-0.2, 0) is 0 Å². The van der Waals surface area contributed by atoms with Crippen molar-refractivity contribution in [2.75, 3.05) is 0 Å². The largest absolute Gasteiger partial charge is 0.506 e. The predicted octanol–water partition coefficient (Wildman–Crippen LogP) is 2.94. The summed E-state index contributed by atoms with van der Waals surface area (Å²) < 4.78 is 0. The van der Waals surface area contributed by atoms with Crippen LogP contribution in [0.3, 0.4) is 0 Å². The number of rotatable bonds is 1. The maximum Gasteiger partial charge on any atom is 0.142 e. The Kier molecular flexibility index (Phi) is 1.90. The van der Waals surface area contributed by atoms with Crippen LogP contribution in [0.2, 0.25) is 0 Å². The lowest BCUT2D eigenvalue weighted by Gasteiger charge is -2.00. The second-order valence-electron chi connectivity index (χ2n) is 3.63. The Labute approximate surface area is 92.4 Å². The quantitative estimate of drug-likeness (QED) is 0.648. The SMILES string of the molecule is Oc1c[nH]c2nc(-c3ccccc3)ccc12. The van der Waals surface area contributed by atoms with Crippen LogP contribution in [-0.4, -0.2) is 15.1 Å². The average molecular weight is 210 g/mol. The van der Waals surface area contributed by atoms with Crippen molar-refractivity contribution in [1.82, 2.24) is 9.97 Å². The second-order valence-corrected chi connectivity index (χ2v) is 3.63. The number of nitrogens with one attached hydrogen (secondary N) is 1. The average Bonchev–Trinajstić information content (AvgIpc) is 2.72. The van der Waals surface area contributed by atoms with Crippen LogP contribution >= 0.6 is 0 Å². The molecule has 0 aliphatic heterocycles. The summed E-state index contributed by atoms with van der Waals surface area (Å²) in [6.07, 6.45) is 1.55. The van der Waals surface area contributed by atoms with E-state index in [2.05, 4.69) is 9.97 Å². The fourth-order valence-electron chi connectivity index (χ4n) is 1.76. The third-order valence-electron chi connectivity index (χ3n) is 2.59. The Morgan fingerprint density at radius 1 is 1.00 bits per heavy atom. The number of H-pyrrole nitrogens is 1. The van der Waals surface area contributed by atoms with E-state index in [-0.39, 0.29) is 5.75 Å². The highest BCUT2D eigenvalue weighted by Gasteiger charge is 2.05. The molecule has 2 aromatic heterocycles. The smallest absolute Gasteiger partial charge is 0.142 e. The third kappa shape index (κ3) is 1.34. The summed E-state index contributed by atoms with van der Waals surface area (Å²) in [5.41, 5.74) is 2.67. The first-order chi connectivity index (χ1) is 7.84. The number of pyridine rings is 1. The number of aromatic hydroxyl groups is 1. The zero-order valence-electron chi connectivity index (χ0n) is 8.51. The number of benzene rings is 1. The number of aromatic amines is 1. The lowest BCUT2D eigenvalue weighted by atomic mass is 10.1. The Hall–Kier alpha value is -2.29. The zero-order valence-corrected chi connectivity index (χ0v) is 8.51. The summed E-state index contributed by atoms with van der Waals surface area (Å²) in [5.74, 6) is 0.238. The Bertz CT molecular complexity index is 629. The van der Waals surface area contributed by atoms with Gasteiger partial charge in [0, 0.05) is 11.8 Å². The molecule has 78 valence electrons. The van der Waals surface area contributed by atoms with Crippen molar-refractivity contribution in [3.05, 3.63) is 48.7 Å². The molecule has 0 bridgehead atoms. The molecule has 0 atom stereocenters. The zero-order chi connectivity index (χ0) is 11.0. The fraction of sp³-hybridized carbons (Fsp3) is 0. The topological polar surface area (TPSA) is 48.9 Å². The van der Waals surface area contributed by atoms with E-state index in [9.17, 15) is 5.11 Å². The van der Waals surface area contributed by atoms with Crippen LogP contribution in [0, 0.1) is 0 Å². The molecule has 0 saturated heterocycles. The minimum Gasteiger partial charge on any atom is -0.506 e. The fourth-order valence-corrected chi connectivity index (χ4v) is 1.76. The standard InChI is InChI=1S/C13H10N2O/c16-12-8-14-13-10(12)6-7-11(15-13)9-4-2-1-3-5-9/h1-8,16H,(H,14,15). The summed E-state index contributed by atoms with van der Waals surface area (Å²) in [6, 6.07) is 13.7. The van der Waals surface area contributed by atoms with Gasteiger partial charge in [-0.3, -0.25) is 0 Å². The second kappa shape index (κ2) is 3.38. The van der Waals surface area contributed by atoms with E-state index in [1.54, 1.807) is 6.20 Å². The molecule has 0 spiro atoms. The highest BCUT2D eigenvalue weighted by molar-refractivity contribution is 5.84. The highest BCUT2D eigenvalue weighted by atomic mass is 16.3. The molecular formula is C13H10N2O. The molecule has 1 aromatic carbocycles. The van der Waals surface area contributed by atoms with Crippen molar-refractivity contribution < 1.29 is 5.11 Å². The Balaban J connectivity index is 2.19. The highest BCUT2D eigenvalue weighted by Crippen LogP contribution is 2.25. The molecule has 2 N–H and O–H groups in total. The summed E-state index contributed by atoms with van der Waals surface area (Å²) in [7, 11) is 0. The Morgan fingerprint density at radius 3 is 2.62 bits per heavy atom. The van der Waals surface area contributed by atoms with Gasteiger partial charge in [0.05, 0.1) is 11.1 Å². The molecule has 0 aliphatic rings. The van der Waals surface area contributed by atoms with Gasteiger partial charge in [-0.1, -0.05) is 30.3 Å². The van der Waals surface area contributed by atoms with Crippen LogP contribution in [0.5, 0.6) is 5.75 Å². The lowest BCUT2D eigenvalue weighted by Crippen LogP contribution is -1.83. The summed E-state index contributed by atoms with van der Waals surface area (Å²) in [6.45, 7) is 0. The number of fused-ring (bicyclic) bond motifs is 1. The third-order valence-corrected chi connectivity index (χ3v) is 2.59. The van der Waals surface area contributed by atoms with E-state index < -0.39 is 0 Å². The maximum absolute atomic E-state index is 9.50. The molecular weight excluding hydrogens is 200 g/mol. The number of hydrogen-bond acceptors (Lipinski definition) is 2. The molecule has 0 fully saturated rings. The van der Waals surface area contributed by atoms with Crippen LogP contribution in [0.4, 0.5) is 0 Å². The maximum atomic E-state index is 9.50. The van der Waals surface area contributed by atoms with E-state index in [0.717, 1.165) is 16.6 Å². The predicted molar refractivity (Wildman–Crippen MR) is 63.2 cm³/mol. The van der Waals surface area contributed by atoms with Gasteiger partial charge in [-0.15, -0.1) is 0 Å². The number of nitrogens with zero attached hydrogens (tertiary/aromatic N) is 1. The van der Waals surface area contributed by atoms with Crippen molar-refractivity contribution in [3.8, 4) is 17.0 Å². The summed E-state index contributed by atoms with van der Waals surface area (Å²) >= 11 is 0. The number of aromatic nitrogens is 2. The molecule has 2 heterocycles. The van der Waals surface area contributed by atoms with Crippen LogP contribution in [0.25, 0.3) is 22.3 Å². The van der Waals surface area contributed by atoms with Gasteiger partial charge in [-0.2, -0.15) is 0 Å². The van der Waals surface area contributed by atoms with Gasteiger partial charge in [0.1, 0.15) is 11.4 Å². The van der Waals surface area contributed by atoms with E-state index in [0.29, 0.717) is 5.65 Å². The van der Waals surface area contributed by atoms with Gasteiger partial charge < -0.3 is 10.1 Å². The molecule has 3 aromatic rings. The van der Waals surface area contributed by atoms with Gasteiger partial charge in [0.25, 0.3) is 0 Å². The van der Waals surface area contributed by atoms with E-state index in [1.807, 2.05) is 42.5 Å². The minimum absolute atomic E-state index is 0.238. The molecule has 0 unspecified atom stereocenters. The molecule has 3 nitrogen and oxygen atoms in total. The molecule has 0 aliphatic carbocycles. The molecule has 3 heteroatoms. The van der Waals surface area contributed by atoms with Crippen molar-refractivity contribution in [1.29, 1.82) is 0 Å². The number of hydrogen-bond donors (Lipinski definition) is 2. The molecule has 0 amide bonds. The molecule has 3 rings (SSSR count). The first-order valence-electron chi connectivity index (χ1n) is 5.07. The molecule has 0 radical (unpaired) electrons. The van der Waals surface area contributed by atoms with Gasteiger partial charge >= 0.3 is 0 Å². The van der Waals surface area contributed by atoms with Crippen LogP contribution in [0.1, 0.15) is 0 Å². The van der Waals surface area contributed by atoms with Crippen molar-refractivity contribution in [2.24, 2.45) is 0 Å². The van der Waals surface area contributed by atoms with Gasteiger partial charge in [-0.25, -0.2) is 4.98 Å². The normalized spacial score (nSPS) is 10.8. The van der Waals surface area contributed by atoms with Crippen molar-refractivity contribution >= 4 is 11.0 Å². The van der Waals surface area contributed by atoms with Crippen LogP contribution < -0.4 is 0 Å². The molecule has 0 saturated carbocycles. The van der Waals surface area contributed by atoms with E-state index in [1.165, 1.54) is 0 Å². The first kappa shape index (κ1) is 8.97. The molecule has 16 heavy (non-hydrogen) atoms. The Morgan fingerprint density at radius 2 is 1.81 bits per heavy atom. The lowest BCUT2D eigenvalue weighted by molar-refractivity contribution is 0.481. The van der Waals surface area contributed by atoms with Gasteiger partial charge in [-0.05, 0) is 12.1 Å². The monoisotopic (exact) mass is 210 g/mol. The summed E-state index contributed by atoms with van der Waals surface area (Å²) in [4.78, 5) is 7.39. The van der Waals surface area contributed by atoms with Crippen molar-refractivity contribution in [2.45, 2.75) is 0 Å². The van der Waals surface area contributed by atoms with Crippen molar-refractivity contribution in [3.63, 3.8) is 0 Å². The minimum atomic E-state index is 0.238. The first-order valence-corrected chi connectivity index (χ1v) is 5.07. The van der Waals surface area contributed by atoms with Gasteiger partial charge in [0.15, 0.2) is 0 Å². The summed E-state index contributed by atoms with van der Waals surface area (Å²) in [5, 5.41) is 10.3. The van der Waals surface area contributed by atoms with Gasteiger partial charge in [0.2, 0.25) is 0 Å². The van der Waals surface area contributed by atoms with Crippen LogP contribution in [0.15, 0.2) is 48.7 Å².